The van der Waals surface area contributed by atoms with E-state index in [1.165, 1.54) is 5.56 Å². The lowest BCUT2D eigenvalue weighted by Gasteiger charge is -2.09. The summed E-state index contributed by atoms with van der Waals surface area (Å²) in [6.45, 7) is 1.99. The van der Waals surface area contributed by atoms with E-state index in [9.17, 15) is 9.00 Å². The second kappa shape index (κ2) is 10.7. The normalized spacial score (nSPS) is 12.5. The fourth-order valence-electron chi connectivity index (χ4n) is 3.12. The van der Waals surface area contributed by atoms with Crippen molar-refractivity contribution in [1.29, 1.82) is 0 Å². The first kappa shape index (κ1) is 20.9. The molecule has 0 bridgehead atoms. The molecule has 0 aliphatic carbocycles. The number of carbonyl (C=O) groups excluding carboxylic acids is 1. The number of Topliss-reactive ketones (excluding diaryl/α,β-unsaturated/α-hetero) is 1. The average Bonchev–Trinajstić information content (AvgIpc) is 2.76. The summed E-state index contributed by atoms with van der Waals surface area (Å²) in [6.07, 6.45) is 4.39. The van der Waals surface area contributed by atoms with E-state index >= 15 is 0 Å². The maximum Gasteiger partial charge on any atom is 0.172 e. The molecule has 3 aromatic rings. The van der Waals surface area contributed by atoms with E-state index < -0.39 is 10.8 Å². The second-order valence-corrected chi connectivity index (χ2v) is 8.53. The number of hydrogen-bond acceptors (Lipinski definition) is 2. The van der Waals surface area contributed by atoms with Crippen LogP contribution in [0.4, 0.5) is 0 Å². The Bertz CT molecular complexity index is 974. The zero-order valence-corrected chi connectivity index (χ0v) is 17.5. The molecule has 3 aromatic carbocycles. The Kier molecular flexibility index (Phi) is 7.71. The van der Waals surface area contributed by atoms with Crippen molar-refractivity contribution in [2.45, 2.75) is 37.5 Å². The monoisotopic (exact) mass is 402 g/mol. The minimum atomic E-state index is -1.46. The zero-order chi connectivity index (χ0) is 20.5. The summed E-state index contributed by atoms with van der Waals surface area (Å²) in [5.41, 5.74) is 3.43. The van der Waals surface area contributed by atoms with Gasteiger partial charge in [-0.2, -0.15) is 0 Å². The third-order valence-corrected chi connectivity index (χ3v) is 6.29. The topological polar surface area (TPSA) is 34.1 Å². The number of aryl methyl sites for hydroxylation is 3. The number of allylic oxidation sites excluding steroid dienone is 2. The first-order valence-corrected chi connectivity index (χ1v) is 11.1. The highest BCUT2D eigenvalue weighted by Crippen LogP contribution is 2.20. The summed E-state index contributed by atoms with van der Waals surface area (Å²) < 4.78 is 13.2. The molecule has 0 aliphatic heterocycles. The quantitative estimate of drug-likeness (QED) is 0.423. The number of ketones is 1. The molecule has 0 radical (unpaired) electrons. The summed E-state index contributed by atoms with van der Waals surface area (Å²) >= 11 is 0. The van der Waals surface area contributed by atoms with Gasteiger partial charge in [0.1, 0.15) is 0 Å². The minimum absolute atomic E-state index is 0.0409. The van der Waals surface area contributed by atoms with E-state index in [4.69, 9.17) is 0 Å². The van der Waals surface area contributed by atoms with Crippen LogP contribution in [0.5, 0.6) is 0 Å². The van der Waals surface area contributed by atoms with Crippen LogP contribution in [-0.4, -0.2) is 9.99 Å². The Labute approximate surface area is 175 Å². The molecule has 0 heterocycles. The lowest BCUT2D eigenvalue weighted by atomic mass is 10.1. The Morgan fingerprint density at radius 1 is 0.793 bits per heavy atom. The molecule has 3 heteroatoms. The summed E-state index contributed by atoms with van der Waals surface area (Å²) in [7, 11) is -1.46. The van der Waals surface area contributed by atoms with Crippen LogP contribution < -0.4 is 0 Å². The van der Waals surface area contributed by atoms with Crippen molar-refractivity contribution in [2.75, 3.05) is 0 Å². The first-order chi connectivity index (χ1) is 14.1. The maximum atomic E-state index is 13.2. The average molecular weight is 403 g/mol. The molecule has 2 nitrogen and oxygen atoms in total. The van der Waals surface area contributed by atoms with Gasteiger partial charge >= 0.3 is 0 Å². The largest absolute Gasteiger partial charge is 0.294 e. The van der Waals surface area contributed by atoms with Crippen LogP contribution in [0.1, 0.15) is 29.5 Å². The van der Waals surface area contributed by atoms with Gasteiger partial charge in [0.05, 0.1) is 15.7 Å². The van der Waals surface area contributed by atoms with Crippen molar-refractivity contribution in [3.05, 3.63) is 113 Å². The van der Waals surface area contributed by atoms with Gasteiger partial charge in [-0.25, -0.2) is 4.21 Å². The molecule has 1 atom stereocenters. The molecule has 0 spiro atoms. The molecule has 0 amide bonds. The van der Waals surface area contributed by atoms with Crippen LogP contribution in [0.25, 0.3) is 0 Å². The minimum Gasteiger partial charge on any atom is -0.294 e. The summed E-state index contributed by atoms with van der Waals surface area (Å²) in [4.78, 5) is 14.1. The van der Waals surface area contributed by atoms with Crippen molar-refractivity contribution in [3.8, 4) is 0 Å². The van der Waals surface area contributed by atoms with Crippen molar-refractivity contribution in [2.24, 2.45) is 0 Å². The summed E-state index contributed by atoms with van der Waals surface area (Å²) in [5, 5.41) is 0. The van der Waals surface area contributed by atoms with Crippen LogP contribution in [-0.2, 0) is 28.4 Å². The van der Waals surface area contributed by atoms with Gasteiger partial charge in [-0.1, -0.05) is 84.4 Å². The predicted octanol–water partition coefficient (Wildman–Crippen LogP) is 5.82. The summed E-state index contributed by atoms with van der Waals surface area (Å²) in [5.74, 6) is -0.0409. The van der Waals surface area contributed by atoms with Crippen LogP contribution in [0.2, 0.25) is 0 Å². The van der Waals surface area contributed by atoms with E-state index in [1.54, 1.807) is 0 Å². The number of benzene rings is 3. The Hall–Kier alpha value is -2.78. The third kappa shape index (κ3) is 6.37. The molecule has 0 saturated heterocycles. The van der Waals surface area contributed by atoms with E-state index in [2.05, 4.69) is 12.1 Å². The first-order valence-electron chi connectivity index (χ1n) is 9.93. The van der Waals surface area contributed by atoms with Gasteiger partial charge in [0, 0.05) is 11.3 Å². The summed E-state index contributed by atoms with van der Waals surface area (Å²) in [6, 6.07) is 27.7. The SMILES string of the molecule is Cc1ccc(S(=O)/C(=C/CCc2ccccc2)C(=O)CCc2ccccc2)cc1. The van der Waals surface area contributed by atoms with E-state index in [0.29, 0.717) is 29.1 Å². The molecule has 3 rings (SSSR count). The molecule has 0 saturated carbocycles. The molecule has 29 heavy (non-hydrogen) atoms. The maximum absolute atomic E-state index is 13.2. The van der Waals surface area contributed by atoms with Gasteiger partial charge in [0.25, 0.3) is 0 Å². The van der Waals surface area contributed by atoms with Gasteiger partial charge in [-0.15, -0.1) is 0 Å². The number of carbonyl (C=O) groups is 1. The van der Waals surface area contributed by atoms with E-state index in [1.807, 2.05) is 85.8 Å². The highest BCUT2D eigenvalue weighted by atomic mass is 32.2. The van der Waals surface area contributed by atoms with Gasteiger partial charge in [-0.05, 0) is 49.4 Å². The zero-order valence-electron chi connectivity index (χ0n) is 16.7. The molecular weight excluding hydrogens is 376 g/mol. The second-order valence-electron chi connectivity index (χ2n) is 7.08. The standard InChI is InChI=1S/C26H26O2S/c1-21-15-18-24(19-16-21)29(28)26(14-8-13-22-9-4-2-5-10-22)25(27)20-17-23-11-6-3-7-12-23/h2-7,9-12,14-16,18-19H,8,13,17,20H2,1H3/b26-14+. The fourth-order valence-corrected chi connectivity index (χ4v) is 4.34. The lowest BCUT2D eigenvalue weighted by molar-refractivity contribution is -0.114. The lowest BCUT2D eigenvalue weighted by Crippen LogP contribution is -2.10. The molecule has 148 valence electrons. The van der Waals surface area contributed by atoms with Crippen LogP contribution in [0.15, 0.2) is 101 Å². The van der Waals surface area contributed by atoms with Gasteiger partial charge in [0.2, 0.25) is 0 Å². The molecule has 1 unspecified atom stereocenters. The van der Waals surface area contributed by atoms with Crippen LogP contribution in [0, 0.1) is 6.92 Å². The Balaban J connectivity index is 1.75. The van der Waals surface area contributed by atoms with Crippen LogP contribution in [0.3, 0.4) is 0 Å². The van der Waals surface area contributed by atoms with Gasteiger partial charge < -0.3 is 0 Å². The van der Waals surface area contributed by atoms with E-state index in [0.717, 1.165) is 17.5 Å². The highest BCUT2D eigenvalue weighted by molar-refractivity contribution is 7.90. The van der Waals surface area contributed by atoms with Crippen LogP contribution >= 0.6 is 0 Å². The molecule has 0 fully saturated rings. The van der Waals surface area contributed by atoms with Crippen molar-refractivity contribution in [3.63, 3.8) is 0 Å². The number of rotatable bonds is 9. The fraction of sp³-hybridized carbons (Fsp3) is 0.192. The smallest absolute Gasteiger partial charge is 0.172 e. The highest BCUT2D eigenvalue weighted by Gasteiger charge is 2.18. The molecule has 0 aromatic heterocycles. The number of hydrogen-bond donors (Lipinski definition) is 0. The molecular formula is C26H26O2S. The van der Waals surface area contributed by atoms with E-state index in [-0.39, 0.29) is 5.78 Å². The van der Waals surface area contributed by atoms with Gasteiger partial charge in [0.15, 0.2) is 5.78 Å². The van der Waals surface area contributed by atoms with Crippen molar-refractivity contribution in [1.82, 2.24) is 0 Å². The van der Waals surface area contributed by atoms with Crippen molar-refractivity contribution >= 4 is 16.6 Å². The van der Waals surface area contributed by atoms with Gasteiger partial charge in [-0.3, -0.25) is 4.79 Å². The molecule has 0 aliphatic rings. The Morgan fingerprint density at radius 3 is 1.93 bits per heavy atom. The van der Waals surface area contributed by atoms with Crippen molar-refractivity contribution < 1.29 is 9.00 Å². The Morgan fingerprint density at radius 2 is 1.34 bits per heavy atom. The predicted molar refractivity (Wildman–Crippen MR) is 120 cm³/mol. The molecule has 0 N–H and O–H groups in total. The third-order valence-electron chi connectivity index (χ3n) is 4.80.